The van der Waals surface area contributed by atoms with Gasteiger partial charge < -0.3 is 4.74 Å². The number of halogens is 3. The zero-order chi connectivity index (χ0) is 15.7. The van der Waals surface area contributed by atoms with E-state index in [1.165, 1.54) is 11.0 Å². The second-order valence-electron chi connectivity index (χ2n) is 5.25. The Morgan fingerprint density at radius 3 is 2.73 bits per heavy atom. The smallest absolute Gasteiger partial charge is 0.408 e. The lowest BCUT2D eigenvalue weighted by Gasteiger charge is -2.31. The topological polar surface area (TPSA) is 30.3 Å². The van der Waals surface area contributed by atoms with Crippen LogP contribution in [0.1, 0.15) is 17.3 Å². The zero-order valence-corrected chi connectivity index (χ0v) is 12.0. The fraction of sp³-hybridized carbons (Fsp3) is 0.400. The summed E-state index contributed by atoms with van der Waals surface area (Å²) in [5.41, 5.74) is 0.892. The van der Waals surface area contributed by atoms with Crippen molar-refractivity contribution in [1.82, 2.24) is 14.7 Å². The summed E-state index contributed by atoms with van der Waals surface area (Å²) in [5, 5.41) is 4.01. The molecule has 7 heteroatoms. The van der Waals surface area contributed by atoms with E-state index in [0.717, 1.165) is 5.69 Å². The lowest BCUT2D eigenvalue weighted by atomic mass is 10.0. The molecule has 1 aliphatic heterocycles. The van der Waals surface area contributed by atoms with Gasteiger partial charge in [-0.3, -0.25) is 9.58 Å². The standard InChI is InChI=1S/C15H16F3N3O/c1-20-11(6-7-19-20)10-21-8-9-22-13-5-3-2-4-12(13)14(21)15(16,17)18/h2-7,14H,8-10H2,1H3. The Kier molecular flexibility index (Phi) is 3.82. The van der Waals surface area contributed by atoms with E-state index in [-0.39, 0.29) is 25.3 Å². The van der Waals surface area contributed by atoms with Crippen LogP contribution in [-0.2, 0) is 13.6 Å². The molecule has 1 aliphatic rings. The molecule has 118 valence electrons. The molecule has 3 rings (SSSR count). The Morgan fingerprint density at radius 2 is 2.05 bits per heavy atom. The Morgan fingerprint density at radius 1 is 1.27 bits per heavy atom. The van der Waals surface area contributed by atoms with Gasteiger partial charge in [-0.1, -0.05) is 18.2 Å². The van der Waals surface area contributed by atoms with Crippen molar-refractivity contribution in [1.29, 1.82) is 0 Å². The van der Waals surface area contributed by atoms with Crippen LogP contribution in [0.2, 0.25) is 0 Å². The summed E-state index contributed by atoms with van der Waals surface area (Å²) in [7, 11) is 1.72. The summed E-state index contributed by atoms with van der Waals surface area (Å²) in [6, 6.07) is 6.40. The predicted octanol–water partition coefficient (Wildman–Crippen LogP) is 2.92. The maximum atomic E-state index is 13.7. The fourth-order valence-electron chi connectivity index (χ4n) is 2.75. The van der Waals surface area contributed by atoms with Crippen LogP contribution in [0.5, 0.6) is 5.75 Å². The van der Waals surface area contributed by atoms with E-state index in [2.05, 4.69) is 5.10 Å². The molecular formula is C15H16F3N3O. The van der Waals surface area contributed by atoms with Crippen LogP contribution in [0.15, 0.2) is 36.5 Å². The maximum Gasteiger partial charge on any atom is 0.408 e. The van der Waals surface area contributed by atoms with Crippen LogP contribution in [0.3, 0.4) is 0 Å². The minimum absolute atomic E-state index is 0.162. The van der Waals surface area contributed by atoms with Crippen molar-refractivity contribution in [3.05, 3.63) is 47.8 Å². The number of ether oxygens (including phenoxy) is 1. The first-order chi connectivity index (χ1) is 10.5. The molecule has 1 aromatic carbocycles. The van der Waals surface area contributed by atoms with Crippen LogP contribution >= 0.6 is 0 Å². The van der Waals surface area contributed by atoms with E-state index in [1.807, 2.05) is 0 Å². The van der Waals surface area contributed by atoms with Gasteiger partial charge in [0.15, 0.2) is 0 Å². The van der Waals surface area contributed by atoms with Crippen molar-refractivity contribution in [3.8, 4) is 5.75 Å². The maximum absolute atomic E-state index is 13.7. The number of para-hydroxylation sites is 1. The molecule has 2 aromatic rings. The Balaban J connectivity index is 1.99. The quantitative estimate of drug-likeness (QED) is 0.854. The third-order valence-electron chi connectivity index (χ3n) is 3.81. The van der Waals surface area contributed by atoms with Crippen LogP contribution in [-0.4, -0.2) is 34.0 Å². The van der Waals surface area contributed by atoms with Crippen LogP contribution in [0.4, 0.5) is 13.2 Å². The number of benzene rings is 1. The van der Waals surface area contributed by atoms with Crippen molar-refractivity contribution in [2.45, 2.75) is 18.8 Å². The summed E-state index contributed by atoms with van der Waals surface area (Å²) in [6.07, 6.45) is -2.79. The molecule has 1 unspecified atom stereocenters. The molecule has 0 amide bonds. The SMILES string of the molecule is Cn1nccc1CN1CCOc2ccccc2C1C(F)(F)F. The van der Waals surface area contributed by atoms with E-state index < -0.39 is 12.2 Å². The lowest BCUT2D eigenvalue weighted by molar-refractivity contribution is -0.187. The molecule has 0 bridgehead atoms. The first-order valence-electron chi connectivity index (χ1n) is 6.96. The lowest BCUT2D eigenvalue weighted by Crippen LogP contribution is -2.39. The van der Waals surface area contributed by atoms with Crippen molar-refractivity contribution in [3.63, 3.8) is 0 Å². The van der Waals surface area contributed by atoms with Crippen LogP contribution in [0, 0.1) is 0 Å². The molecule has 0 saturated carbocycles. The summed E-state index contributed by atoms with van der Waals surface area (Å²) >= 11 is 0. The molecular weight excluding hydrogens is 295 g/mol. The highest BCUT2D eigenvalue weighted by atomic mass is 19.4. The number of alkyl halides is 3. The van der Waals surface area contributed by atoms with Gasteiger partial charge in [0.1, 0.15) is 18.4 Å². The second kappa shape index (κ2) is 5.64. The van der Waals surface area contributed by atoms with Gasteiger partial charge in [-0.2, -0.15) is 18.3 Å². The molecule has 0 spiro atoms. The van der Waals surface area contributed by atoms with Gasteiger partial charge in [0.2, 0.25) is 0 Å². The summed E-state index contributed by atoms with van der Waals surface area (Å²) in [6.45, 7) is 0.587. The van der Waals surface area contributed by atoms with Crippen LogP contribution in [0.25, 0.3) is 0 Å². The summed E-state index contributed by atoms with van der Waals surface area (Å²) in [4.78, 5) is 1.39. The molecule has 1 atom stereocenters. The third-order valence-corrected chi connectivity index (χ3v) is 3.81. The largest absolute Gasteiger partial charge is 0.492 e. The number of hydrogen-bond donors (Lipinski definition) is 0. The molecule has 4 nitrogen and oxygen atoms in total. The van der Waals surface area contributed by atoms with E-state index >= 15 is 0 Å². The van der Waals surface area contributed by atoms with Gasteiger partial charge in [0, 0.05) is 31.9 Å². The molecule has 0 radical (unpaired) electrons. The monoisotopic (exact) mass is 311 g/mol. The first-order valence-corrected chi connectivity index (χ1v) is 6.96. The van der Waals surface area contributed by atoms with Gasteiger partial charge in [-0.15, -0.1) is 0 Å². The number of fused-ring (bicyclic) bond motifs is 1. The van der Waals surface area contributed by atoms with Gasteiger partial charge >= 0.3 is 6.18 Å². The number of aromatic nitrogens is 2. The molecule has 1 aromatic heterocycles. The van der Waals surface area contributed by atoms with E-state index in [0.29, 0.717) is 5.75 Å². The van der Waals surface area contributed by atoms with Crippen molar-refractivity contribution in [2.75, 3.05) is 13.2 Å². The van der Waals surface area contributed by atoms with Gasteiger partial charge in [-0.05, 0) is 12.1 Å². The van der Waals surface area contributed by atoms with Gasteiger partial charge in [-0.25, -0.2) is 0 Å². The minimum Gasteiger partial charge on any atom is -0.492 e. The molecule has 0 aliphatic carbocycles. The molecule has 22 heavy (non-hydrogen) atoms. The highest BCUT2D eigenvalue weighted by molar-refractivity contribution is 5.37. The van der Waals surface area contributed by atoms with E-state index in [4.69, 9.17) is 4.74 Å². The average molecular weight is 311 g/mol. The zero-order valence-electron chi connectivity index (χ0n) is 12.0. The molecule has 2 heterocycles. The number of aryl methyl sites for hydroxylation is 1. The summed E-state index contributed by atoms with van der Waals surface area (Å²) < 4.78 is 48.1. The van der Waals surface area contributed by atoms with E-state index in [9.17, 15) is 13.2 Å². The van der Waals surface area contributed by atoms with Crippen LogP contribution < -0.4 is 4.74 Å². The Labute approximate surface area is 126 Å². The number of rotatable bonds is 2. The number of nitrogens with zero attached hydrogens (tertiary/aromatic N) is 3. The van der Waals surface area contributed by atoms with Crippen molar-refractivity contribution < 1.29 is 17.9 Å². The average Bonchev–Trinajstić information content (AvgIpc) is 2.75. The normalized spacial score (nSPS) is 19.4. The minimum atomic E-state index is -4.37. The van der Waals surface area contributed by atoms with E-state index in [1.54, 1.807) is 42.2 Å². The summed E-state index contributed by atoms with van der Waals surface area (Å²) in [5.74, 6) is 0.303. The van der Waals surface area contributed by atoms with Crippen molar-refractivity contribution >= 4 is 0 Å². The molecule has 0 N–H and O–H groups in total. The first kappa shape index (κ1) is 14.9. The number of hydrogen-bond acceptors (Lipinski definition) is 3. The fourth-order valence-corrected chi connectivity index (χ4v) is 2.75. The van der Waals surface area contributed by atoms with Crippen molar-refractivity contribution in [2.24, 2.45) is 7.05 Å². The highest BCUT2D eigenvalue weighted by Gasteiger charge is 2.47. The predicted molar refractivity (Wildman–Crippen MR) is 74.4 cm³/mol. The Bertz CT molecular complexity index is 653. The van der Waals surface area contributed by atoms with Gasteiger partial charge in [0.25, 0.3) is 0 Å². The highest BCUT2D eigenvalue weighted by Crippen LogP contribution is 2.43. The van der Waals surface area contributed by atoms with Gasteiger partial charge in [0.05, 0.1) is 5.69 Å². The second-order valence-corrected chi connectivity index (χ2v) is 5.25. The third kappa shape index (κ3) is 2.81. The Hall–Kier alpha value is -2.02. The molecule has 0 saturated heterocycles. The molecule has 0 fully saturated rings.